The zero-order chi connectivity index (χ0) is 21.3. The molecule has 0 unspecified atom stereocenters. The third-order valence-corrected chi connectivity index (χ3v) is 5.02. The van der Waals surface area contributed by atoms with Gasteiger partial charge in [0.25, 0.3) is 0 Å². The van der Waals surface area contributed by atoms with Crippen LogP contribution in [0.2, 0.25) is 0 Å². The zero-order valence-electron chi connectivity index (χ0n) is 17.4. The molecule has 1 aliphatic rings. The van der Waals surface area contributed by atoms with E-state index in [1.54, 1.807) is 12.1 Å². The second-order valence-corrected chi connectivity index (χ2v) is 7.67. The lowest BCUT2D eigenvalue weighted by Gasteiger charge is -2.13. The lowest BCUT2D eigenvalue weighted by molar-refractivity contribution is -0.116. The Balaban J connectivity index is 1.73. The maximum Gasteiger partial charge on any atom is 0.225 e. The molecule has 0 saturated carbocycles. The molecule has 0 atom stereocenters. The van der Waals surface area contributed by atoms with Crippen LogP contribution >= 0.6 is 0 Å². The number of nitrogens with zero attached hydrogens (tertiary/aromatic N) is 4. The van der Waals surface area contributed by atoms with Gasteiger partial charge < -0.3 is 20.1 Å². The third kappa shape index (κ3) is 4.04. The minimum Gasteiger partial charge on any atom is -0.354 e. The van der Waals surface area contributed by atoms with E-state index in [1.165, 1.54) is 6.07 Å². The number of carbonyl (C=O) groups excluding carboxylic acids is 1. The molecule has 1 amide bonds. The molecule has 156 valence electrons. The van der Waals surface area contributed by atoms with Crippen LogP contribution in [0.5, 0.6) is 0 Å². The predicted molar refractivity (Wildman–Crippen MR) is 116 cm³/mol. The highest BCUT2D eigenvalue weighted by Gasteiger charge is 2.24. The summed E-state index contributed by atoms with van der Waals surface area (Å²) in [4.78, 5) is 23.5. The Morgan fingerprint density at radius 1 is 1.27 bits per heavy atom. The second-order valence-electron chi connectivity index (χ2n) is 7.67. The Labute approximate surface area is 175 Å². The average Bonchev–Trinajstić information content (AvgIpc) is 3.29. The van der Waals surface area contributed by atoms with Crippen molar-refractivity contribution < 1.29 is 9.18 Å². The lowest BCUT2D eigenvalue weighted by Crippen LogP contribution is -2.21. The monoisotopic (exact) mass is 408 g/mol. The highest BCUT2D eigenvalue weighted by molar-refractivity contribution is 5.92. The number of amides is 1. The molecular weight excluding hydrogens is 383 g/mol. The smallest absolute Gasteiger partial charge is 0.225 e. The van der Waals surface area contributed by atoms with Crippen molar-refractivity contribution in [2.45, 2.75) is 19.9 Å². The van der Waals surface area contributed by atoms with Crippen molar-refractivity contribution in [3.05, 3.63) is 47.9 Å². The van der Waals surface area contributed by atoms with Crippen LogP contribution in [0.4, 0.5) is 16.0 Å². The number of benzene rings is 1. The molecule has 2 N–H and O–H groups in total. The first-order chi connectivity index (χ1) is 14.4. The van der Waals surface area contributed by atoms with E-state index < -0.39 is 5.82 Å². The number of imidazole rings is 1. The molecule has 3 heterocycles. The van der Waals surface area contributed by atoms with E-state index in [-0.39, 0.29) is 11.6 Å². The molecule has 0 aliphatic carbocycles. The number of anilines is 2. The summed E-state index contributed by atoms with van der Waals surface area (Å²) in [5, 5.41) is 5.98. The number of fused-ring (bicyclic) bond motifs is 1. The predicted octanol–water partition coefficient (Wildman–Crippen LogP) is 3.38. The molecule has 0 saturated heterocycles. The van der Waals surface area contributed by atoms with Crippen LogP contribution in [0.1, 0.15) is 12.1 Å². The fourth-order valence-corrected chi connectivity index (χ4v) is 3.54. The van der Waals surface area contributed by atoms with Crippen molar-refractivity contribution in [1.29, 1.82) is 0 Å². The zero-order valence-corrected chi connectivity index (χ0v) is 17.4. The summed E-state index contributed by atoms with van der Waals surface area (Å²) >= 11 is 0. The van der Waals surface area contributed by atoms with Crippen molar-refractivity contribution in [2.75, 3.05) is 37.8 Å². The first-order valence-corrected chi connectivity index (χ1v) is 9.95. The molecule has 4 rings (SSSR count). The topological polar surface area (TPSA) is 75.1 Å². The maximum absolute atomic E-state index is 14.4. The summed E-state index contributed by atoms with van der Waals surface area (Å²) in [6.45, 7) is 4.07. The fraction of sp³-hybridized carbons (Fsp3) is 0.318. The van der Waals surface area contributed by atoms with E-state index in [9.17, 15) is 9.18 Å². The Morgan fingerprint density at radius 2 is 2.10 bits per heavy atom. The van der Waals surface area contributed by atoms with Crippen LogP contribution in [0, 0.1) is 12.7 Å². The molecule has 8 heteroatoms. The number of hydrogen-bond acceptors (Lipinski definition) is 5. The van der Waals surface area contributed by atoms with Crippen molar-refractivity contribution in [1.82, 2.24) is 19.4 Å². The van der Waals surface area contributed by atoms with Gasteiger partial charge in [0.15, 0.2) is 0 Å². The summed E-state index contributed by atoms with van der Waals surface area (Å²) in [6.07, 6.45) is 0.293. The van der Waals surface area contributed by atoms with Gasteiger partial charge in [-0.05, 0) is 51.4 Å². The SMILES string of the molecule is Cc1cccc(-c2nc3n(c2-c2ccc(F)c(NC(=O)CCN(C)C)c2)CCN3)n1. The number of rotatable bonds is 6. The minimum atomic E-state index is -0.466. The number of aromatic nitrogens is 3. The summed E-state index contributed by atoms with van der Waals surface area (Å²) in [7, 11) is 3.78. The van der Waals surface area contributed by atoms with E-state index >= 15 is 0 Å². The van der Waals surface area contributed by atoms with Crippen LogP contribution in [-0.2, 0) is 11.3 Å². The Hall–Kier alpha value is -3.26. The number of carbonyl (C=O) groups is 1. The lowest BCUT2D eigenvalue weighted by atomic mass is 10.1. The largest absolute Gasteiger partial charge is 0.354 e. The van der Waals surface area contributed by atoms with Gasteiger partial charge in [-0.15, -0.1) is 0 Å². The number of halogens is 1. The van der Waals surface area contributed by atoms with E-state index in [0.29, 0.717) is 13.0 Å². The molecule has 0 spiro atoms. The van der Waals surface area contributed by atoms with Crippen LogP contribution in [-0.4, -0.2) is 52.5 Å². The molecule has 30 heavy (non-hydrogen) atoms. The average molecular weight is 408 g/mol. The fourth-order valence-electron chi connectivity index (χ4n) is 3.54. The molecule has 0 fully saturated rings. The summed E-state index contributed by atoms with van der Waals surface area (Å²) in [6, 6.07) is 10.6. The standard InChI is InChI=1S/C22H25FN6O/c1-14-5-4-6-17(25-14)20-21(29-12-10-24-22(29)27-20)15-7-8-16(23)18(13-15)26-19(30)9-11-28(2)3/h4-8,13H,9-12H2,1-3H3,(H,24,27)(H,26,30). The Bertz CT molecular complexity index is 1090. The van der Waals surface area contributed by atoms with Gasteiger partial charge in [-0.3, -0.25) is 9.78 Å². The first-order valence-electron chi connectivity index (χ1n) is 9.95. The van der Waals surface area contributed by atoms with Crippen LogP contribution in [0.3, 0.4) is 0 Å². The molecule has 0 radical (unpaired) electrons. The van der Waals surface area contributed by atoms with Gasteiger partial charge >= 0.3 is 0 Å². The van der Waals surface area contributed by atoms with E-state index in [0.717, 1.165) is 47.4 Å². The molecule has 3 aromatic rings. The van der Waals surface area contributed by atoms with E-state index in [2.05, 4.69) is 20.2 Å². The normalized spacial score (nSPS) is 12.7. The quantitative estimate of drug-likeness (QED) is 0.654. The highest BCUT2D eigenvalue weighted by atomic mass is 19.1. The van der Waals surface area contributed by atoms with Crippen LogP contribution in [0.25, 0.3) is 22.6 Å². The van der Waals surface area contributed by atoms with Crippen molar-refractivity contribution in [3.63, 3.8) is 0 Å². The molecule has 1 aromatic carbocycles. The van der Waals surface area contributed by atoms with Gasteiger partial charge in [-0.1, -0.05) is 6.07 Å². The van der Waals surface area contributed by atoms with Gasteiger partial charge in [-0.2, -0.15) is 0 Å². The van der Waals surface area contributed by atoms with Crippen molar-refractivity contribution in [3.8, 4) is 22.6 Å². The van der Waals surface area contributed by atoms with Crippen molar-refractivity contribution >= 4 is 17.5 Å². The summed E-state index contributed by atoms with van der Waals surface area (Å²) in [5.74, 6) is 0.0798. The number of hydrogen-bond donors (Lipinski definition) is 2. The molecule has 2 aromatic heterocycles. The Morgan fingerprint density at radius 3 is 2.87 bits per heavy atom. The van der Waals surface area contributed by atoms with Crippen LogP contribution < -0.4 is 10.6 Å². The molecule has 0 bridgehead atoms. The van der Waals surface area contributed by atoms with Crippen LogP contribution in [0.15, 0.2) is 36.4 Å². The van der Waals surface area contributed by atoms with Gasteiger partial charge in [0.1, 0.15) is 11.5 Å². The van der Waals surface area contributed by atoms with Gasteiger partial charge in [0, 0.05) is 37.3 Å². The van der Waals surface area contributed by atoms with E-state index in [1.807, 2.05) is 44.1 Å². The van der Waals surface area contributed by atoms with Crippen molar-refractivity contribution in [2.24, 2.45) is 0 Å². The number of nitrogens with one attached hydrogen (secondary N) is 2. The second kappa shape index (κ2) is 8.23. The number of aryl methyl sites for hydroxylation is 1. The summed E-state index contributed by atoms with van der Waals surface area (Å²) in [5.41, 5.74) is 4.19. The number of pyridine rings is 1. The summed E-state index contributed by atoms with van der Waals surface area (Å²) < 4.78 is 16.5. The molecule has 1 aliphatic heterocycles. The minimum absolute atomic E-state index is 0.168. The van der Waals surface area contributed by atoms with Gasteiger partial charge in [-0.25, -0.2) is 9.37 Å². The molecular formula is C22H25FN6O. The Kier molecular flexibility index (Phi) is 5.50. The molecule has 7 nitrogen and oxygen atoms in total. The third-order valence-electron chi connectivity index (χ3n) is 5.02. The maximum atomic E-state index is 14.4. The van der Waals surface area contributed by atoms with E-state index in [4.69, 9.17) is 4.98 Å². The van der Waals surface area contributed by atoms with Gasteiger partial charge in [0.2, 0.25) is 11.9 Å². The highest BCUT2D eigenvalue weighted by Crippen LogP contribution is 2.37. The van der Waals surface area contributed by atoms with Gasteiger partial charge in [0.05, 0.1) is 17.1 Å². The first kappa shape index (κ1) is 20.0.